The van der Waals surface area contributed by atoms with Crippen molar-refractivity contribution in [3.63, 3.8) is 0 Å². The molecule has 0 amide bonds. The number of aryl methyl sites for hydroxylation is 2. The van der Waals surface area contributed by atoms with Crippen molar-refractivity contribution < 1.29 is 4.42 Å². The van der Waals surface area contributed by atoms with E-state index in [1.54, 1.807) is 0 Å². The molecule has 0 unspecified atom stereocenters. The van der Waals surface area contributed by atoms with Crippen molar-refractivity contribution in [1.29, 1.82) is 0 Å². The Kier molecular flexibility index (Phi) is 7.26. The van der Waals surface area contributed by atoms with Gasteiger partial charge in [0.25, 0.3) is 0 Å². The second-order valence-electron chi connectivity index (χ2n) is 3.79. The molecule has 0 spiro atoms. The highest BCUT2D eigenvalue weighted by Gasteiger charge is 2.05. The minimum atomic E-state index is 0. The van der Waals surface area contributed by atoms with Gasteiger partial charge in [-0.05, 0) is 33.8 Å². The van der Waals surface area contributed by atoms with Crippen LogP contribution in [0.3, 0.4) is 0 Å². The van der Waals surface area contributed by atoms with E-state index in [1.807, 2.05) is 24.8 Å². The maximum atomic E-state index is 5.89. The largest absolute Gasteiger partial charge is 0.466 e. The van der Waals surface area contributed by atoms with Gasteiger partial charge in [0.05, 0.1) is 6.54 Å². The van der Waals surface area contributed by atoms with Gasteiger partial charge in [-0.3, -0.25) is 0 Å². The van der Waals surface area contributed by atoms with Gasteiger partial charge >= 0.3 is 0 Å². The molecule has 1 heterocycles. The van der Waals surface area contributed by atoms with Crippen LogP contribution in [-0.4, -0.2) is 23.9 Å². The van der Waals surface area contributed by atoms with Gasteiger partial charge in [0.2, 0.25) is 0 Å². The molecule has 0 aromatic carbocycles. The Morgan fingerprint density at radius 2 is 1.94 bits per heavy atom. The standard InChI is InChI=1S/C12H21N3O.HI/c1-5-15(6-2)12(13)14-8-11-7-9(3)16-10(11)4;/h7H,5-6,8H2,1-4H3,(H2,13,14);1H. The summed E-state index contributed by atoms with van der Waals surface area (Å²) in [6.07, 6.45) is 0. The van der Waals surface area contributed by atoms with E-state index in [9.17, 15) is 0 Å². The molecule has 1 aromatic rings. The van der Waals surface area contributed by atoms with E-state index in [1.165, 1.54) is 0 Å². The van der Waals surface area contributed by atoms with Crippen LogP contribution < -0.4 is 5.73 Å². The molecule has 0 saturated carbocycles. The van der Waals surface area contributed by atoms with E-state index in [4.69, 9.17) is 10.2 Å². The fourth-order valence-corrected chi connectivity index (χ4v) is 1.65. The van der Waals surface area contributed by atoms with Crippen LogP contribution in [0.15, 0.2) is 15.5 Å². The number of hydrogen-bond donors (Lipinski definition) is 1. The van der Waals surface area contributed by atoms with Gasteiger partial charge in [-0.1, -0.05) is 0 Å². The topological polar surface area (TPSA) is 54.8 Å². The molecule has 0 aliphatic heterocycles. The molecule has 0 radical (unpaired) electrons. The Bertz CT molecular complexity index is 370. The summed E-state index contributed by atoms with van der Waals surface area (Å²) in [6, 6.07) is 2.01. The van der Waals surface area contributed by atoms with Gasteiger partial charge in [-0.25, -0.2) is 4.99 Å². The Balaban J connectivity index is 0.00000256. The molecule has 0 fully saturated rings. The third-order valence-corrected chi connectivity index (χ3v) is 2.64. The first kappa shape index (κ1) is 16.3. The van der Waals surface area contributed by atoms with Gasteiger partial charge in [0.1, 0.15) is 11.5 Å². The molecule has 4 nitrogen and oxygen atoms in total. The Hall–Kier alpha value is -0.720. The lowest BCUT2D eigenvalue weighted by atomic mass is 10.2. The van der Waals surface area contributed by atoms with Gasteiger partial charge in [0, 0.05) is 18.7 Å². The first-order valence-electron chi connectivity index (χ1n) is 5.69. The van der Waals surface area contributed by atoms with E-state index in [0.717, 1.165) is 30.2 Å². The number of rotatable bonds is 4. The zero-order valence-corrected chi connectivity index (χ0v) is 13.3. The Morgan fingerprint density at radius 3 is 2.35 bits per heavy atom. The molecule has 17 heavy (non-hydrogen) atoms. The van der Waals surface area contributed by atoms with Gasteiger partial charge < -0.3 is 15.1 Å². The number of furan rings is 1. The third kappa shape index (κ3) is 4.57. The van der Waals surface area contributed by atoms with Crippen molar-refractivity contribution in [2.24, 2.45) is 10.7 Å². The lowest BCUT2D eigenvalue weighted by Gasteiger charge is -2.19. The summed E-state index contributed by atoms with van der Waals surface area (Å²) in [7, 11) is 0. The highest BCUT2D eigenvalue weighted by Crippen LogP contribution is 2.14. The van der Waals surface area contributed by atoms with Crippen LogP contribution in [0.4, 0.5) is 0 Å². The molecule has 0 saturated heterocycles. The lowest BCUT2D eigenvalue weighted by molar-refractivity contribution is 0.458. The predicted octanol–water partition coefficient (Wildman–Crippen LogP) is 2.67. The lowest BCUT2D eigenvalue weighted by Crippen LogP contribution is -2.37. The Morgan fingerprint density at radius 1 is 1.35 bits per heavy atom. The molecule has 1 rings (SSSR count). The summed E-state index contributed by atoms with van der Waals surface area (Å²) in [4.78, 5) is 6.40. The number of nitrogens with zero attached hydrogens (tertiary/aromatic N) is 2. The first-order chi connectivity index (χ1) is 7.58. The van der Waals surface area contributed by atoms with Crippen LogP contribution in [0.5, 0.6) is 0 Å². The minimum absolute atomic E-state index is 0. The van der Waals surface area contributed by atoms with E-state index in [-0.39, 0.29) is 24.0 Å². The number of hydrogen-bond acceptors (Lipinski definition) is 2. The fraction of sp³-hybridized carbons (Fsp3) is 0.583. The highest BCUT2D eigenvalue weighted by atomic mass is 127. The smallest absolute Gasteiger partial charge is 0.191 e. The zero-order chi connectivity index (χ0) is 12.1. The maximum Gasteiger partial charge on any atom is 0.191 e. The molecule has 5 heteroatoms. The predicted molar refractivity (Wildman–Crippen MR) is 81.8 cm³/mol. The summed E-state index contributed by atoms with van der Waals surface area (Å²) in [5.74, 6) is 2.45. The number of nitrogens with two attached hydrogens (primary N) is 1. The second kappa shape index (κ2) is 7.58. The third-order valence-electron chi connectivity index (χ3n) is 2.64. The van der Waals surface area contributed by atoms with E-state index < -0.39 is 0 Å². The summed E-state index contributed by atoms with van der Waals surface area (Å²) in [5, 5.41) is 0. The quantitative estimate of drug-likeness (QED) is 0.516. The van der Waals surface area contributed by atoms with Crippen LogP contribution in [0, 0.1) is 13.8 Å². The maximum absolute atomic E-state index is 5.89. The van der Waals surface area contributed by atoms with Crippen LogP contribution in [0.1, 0.15) is 30.9 Å². The van der Waals surface area contributed by atoms with Crippen molar-refractivity contribution >= 4 is 29.9 Å². The number of aliphatic imine (C=N–C) groups is 1. The Labute approximate surface area is 120 Å². The van der Waals surface area contributed by atoms with Crippen LogP contribution in [0.25, 0.3) is 0 Å². The zero-order valence-electron chi connectivity index (χ0n) is 11.0. The first-order valence-corrected chi connectivity index (χ1v) is 5.69. The molecule has 0 atom stereocenters. The molecule has 1 aromatic heterocycles. The summed E-state index contributed by atoms with van der Waals surface area (Å²) in [6.45, 7) is 10.4. The van der Waals surface area contributed by atoms with Crippen LogP contribution >= 0.6 is 24.0 Å². The average Bonchev–Trinajstić information content (AvgIpc) is 2.56. The van der Waals surface area contributed by atoms with Gasteiger partial charge in [0.15, 0.2) is 5.96 Å². The molecule has 2 N–H and O–H groups in total. The van der Waals surface area contributed by atoms with Crippen molar-refractivity contribution in [3.8, 4) is 0 Å². The monoisotopic (exact) mass is 351 g/mol. The summed E-state index contributed by atoms with van der Waals surface area (Å²) >= 11 is 0. The average molecular weight is 351 g/mol. The highest BCUT2D eigenvalue weighted by molar-refractivity contribution is 14.0. The van der Waals surface area contributed by atoms with Crippen LogP contribution in [-0.2, 0) is 6.54 Å². The van der Waals surface area contributed by atoms with E-state index in [2.05, 4.69) is 18.8 Å². The van der Waals surface area contributed by atoms with Crippen molar-refractivity contribution in [2.45, 2.75) is 34.2 Å². The van der Waals surface area contributed by atoms with Gasteiger partial charge in [-0.15, -0.1) is 24.0 Å². The second-order valence-corrected chi connectivity index (χ2v) is 3.79. The molecule has 0 aliphatic rings. The fourth-order valence-electron chi connectivity index (χ4n) is 1.65. The minimum Gasteiger partial charge on any atom is -0.466 e. The number of guanidine groups is 1. The van der Waals surface area contributed by atoms with E-state index >= 15 is 0 Å². The molecular weight excluding hydrogens is 329 g/mol. The molecule has 0 bridgehead atoms. The van der Waals surface area contributed by atoms with E-state index in [0.29, 0.717) is 12.5 Å². The van der Waals surface area contributed by atoms with Crippen molar-refractivity contribution in [3.05, 3.63) is 23.2 Å². The summed E-state index contributed by atoms with van der Waals surface area (Å²) < 4.78 is 5.44. The molecular formula is C12H22IN3O. The normalized spacial score (nSPS) is 11.2. The molecule has 98 valence electrons. The summed E-state index contributed by atoms with van der Waals surface area (Å²) in [5.41, 5.74) is 6.99. The van der Waals surface area contributed by atoms with Crippen molar-refractivity contribution in [2.75, 3.05) is 13.1 Å². The SMILES string of the molecule is CCN(CC)C(N)=NCc1cc(C)oc1C.I. The molecule has 0 aliphatic carbocycles. The van der Waals surface area contributed by atoms with Crippen molar-refractivity contribution in [1.82, 2.24) is 4.90 Å². The van der Waals surface area contributed by atoms with Crippen LogP contribution in [0.2, 0.25) is 0 Å². The van der Waals surface area contributed by atoms with Gasteiger partial charge in [-0.2, -0.15) is 0 Å². The number of halogens is 1.